The molecule has 2 aromatic rings. The van der Waals surface area contributed by atoms with Gasteiger partial charge in [-0.15, -0.1) is 0 Å². The van der Waals surface area contributed by atoms with Crippen molar-refractivity contribution >= 4 is 5.82 Å². The number of aliphatic hydroxyl groups excluding tert-OH is 1. The van der Waals surface area contributed by atoms with Gasteiger partial charge < -0.3 is 14.4 Å². The second kappa shape index (κ2) is 6.07. The summed E-state index contributed by atoms with van der Waals surface area (Å²) in [7, 11) is 0. The third-order valence-electron chi connectivity index (χ3n) is 3.65. The number of aromatic nitrogens is 1. The molecule has 0 spiro atoms. The fraction of sp³-hybridized carbons (Fsp3) is 0.400. The second-order valence-electron chi connectivity index (χ2n) is 5.01. The lowest BCUT2D eigenvalue weighted by Crippen LogP contribution is -2.47. The number of hydrogen-bond donors (Lipinski definition) is 1. The van der Waals surface area contributed by atoms with Gasteiger partial charge in [0.1, 0.15) is 17.7 Å². The van der Waals surface area contributed by atoms with Crippen LogP contribution < -0.4 is 4.90 Å². The third-order valence-corrected chi connectivity index (χ3v) is 3.65. The number of furan rings is 1. The number of anilines is 1. The van der Waals surface area contributed by atoms with Gasteiger partial charge in [0, 0.05) is 38.9 Å². The summed E-state index contributed by atoms with van der Waals surface area (Å²) < 4.78 is 5.23. The summed E-state index contributed by atoms with van der Waals surface area (Å²) in [5.41, 5.74) is 0. The number of piperazine rings is 1. The molecule has 3 heterocycles. The number of aliphatic hydroxyl groups is 1. The van der Waals surface area contributed by atoms with Crippen molar-refractivity contribution < 1.29 is 9.52 Å². The number of nitrogens with zero attached hydrogens (tertiary/aromatic N) is 3. The maximum atomic E-state index is 10.1. The van der Waals surface area contributed by atoms with Crippen molar-refractivity contribution in [2.75, 3.05) is 37.6 Å². The summed E-state index contributed by atoms with van der Waals surface area (Å²) in [6.07, 6.45) is 2.87. The summed E-state index contributed by atoms with van der Waals surface area (Å²) in [5, 5.41) is 10.1. The summed E-state index contributed by atoms with van der Waals surface area (Å²) >= 11 is 0. The van der Waals surface area contributed by atoms with Crippen LogP contribution in [0.25, 0.3) is 0 Å². The Hall–Kier alpha value is -1.85. The van der Waals surface area contributed by atoms with Crippen LogP contribution in [0.4, 0.5) is 5.82 Å². The molecule has 106 valence electrons. The van der Waals surface area contributed by atoms with Gasteiger partial charge in [-0.25, -0.2) is 4.98 Å². The van der Waals surface area contributed by atoms with Crippen molar-refractivity contribution in [3.63, 3.8) is 0 Å². The highest BCUT2D eigenvalue weighted by Gasteiger charge is 2.21. The minimum absolute atomic E-state index is 0.550. The molecular formula is C15H19N3O2. The Labute approximate surface area is 118 Å². The lowest BCUT2D eigenvalue weighted by atomic mass is 10.2. The molecule has 5 nitrogen and oxygen atoms in total. The lowest BCUT2D eigenvalue weighted by Gasteiger charge is -2.35. The Bertz CT molecular complexity index is 507. The van der Waals surface area contributed by atoms with Crippen molar-refractivity contribution in [1.82, 2.24) is 9.88 Å². The molecule has 1 fully saturated rings. The quantitative estimate of drug-likeness (QED) is 0.915. The number of β-amino-alcohol motifs (C(OH)–C–C–N with tert-alkyl or cyclic N) is 1. The smallest absolute Gasteiger partial charge is 0.133 e. The summed E-state index contributed by atoms with van der Waals surface area (Å²) in [6.45, 7) is 4.33. The van der Waals surface area contributed by atoms with Crippen LogP contribution in [-0.2, 0) is 0 Å². The molecule has 1 aliphatic heterocycles. The summed E-state index contributed by atoms with van der Waals surface area (Å²) in [5.74, 6) is 1.66. The Morgan fingerprint density at radius 2 is 2.00 bits per heavy atom. The van der Waals surface area contributed by atoms with Gasteiger partial charge in [0.15, 0.2) is 0 Å². The summed E-state index contributed by atoms with van der Waals surface area (Å²) in [6, 6.07) is 9.59. The molecule has 1 aliphatic rings. The van der Waals surface area contributed by atoms with Crippen LogP contribution in [0, 0.1) is 0 Å². The lowest BCUT2D eigenvalue weighted by molar-refractivity contribution is 0.0915. The van der Waals surface area contributed by atoms with Crippen molar-refractivity contribution in [3.05, 3.63) is 48.6 Å². The normalized spacial score (nSPS) is 18.1. The second-order valence-corrected chi connectivity index (χ2v) is 5.01. The maximum absolute atomic E-state index is 10.1. The first-order valence-corrected chi connectivity index (χ1v) is 6.93. The Kier molecular flexibility index (Phi) is 3.99. The fourth-order valence-corrected chi connectivity index (χ4v) is 2.52. The van der Waals surface area contributed by atoms with Crippen LogP contribution in [0.15, 0.2) is 47.2 Å². The van der Waals surface area contributed by atoms with Gasteiger partial charge in [0.25, 0.3) is 0 Å². The van der Waals surface area contributed by atoms with Crippen LogP contribution >= 0.6 is 0 Å². The Morgan fingerprint density at radius 3 is 2.65 bits per heavy atom. The molecule has 0 saturated carbocycles. The van der Waals surface area contributed by atoms with Gasteiger partial charge in [-0.05, 0) is 24.3 Å². The van der Waals surface area contributed by atoms with Crippen LogP contribution in [0.5, 0.6) is 0 Å². The van der Waals surface area contributed by atoms with E-state index in [0.29, 0.717) is 12.3 Å². The third kappa shape index (κ3) is 3.00. The zero-order valence-electron chi connectivity index (χ0n) is 11.4. The van der Waals surface area contributed by atoms with E-state index in [1.165, 1.54) is 0 Å². The molecule has 0 bridgehead atoms. The van der Waals surface area contributed by atoms with Crippen molar-refractivity contribution in [2.24, 2.45) is 0 Å². The minimum Gasteiger partial charge on any atom is -0.467 e. The Morgan fingerprint density at radius 1 is 1.15 bits per heavy atom. The van der Waals surface area contributed by atoms with Crippen molar-refractivity contribution in [2.45, 2.75) is 6.10 Å². The van der Waals surface area contributed by atoms with Gasteiger partial charge in [0.05, 0.1) is 6.26 Å². The van der Waals surface area contributed by atoms with E-state index in [1.807, 2.05) is 30.5 Å². The zero-order chi connectivity index (χ0) is 13.8. The molecule has 1 atom stereocenters. The highest BCUT2D eigenvalue weighted by Crippen LogP contribution is 2.17. The van der Waals surface area contributed by atoms with E-state index in [-0.39, 0.29) is 0 Å². The predicted octanol–water partition coefficient (Wildman–Crippen LogP) is 1.53. The average Bonchev–Trinajstić information content (AvgIpc) is 3.03. The molecule has 3 rings (SSSR count). The van der Waals surface area contributed by atoms with Crippen LogP contribution in [0.3, 0.4) is 0 Å². The molecule has 0 amide bonds. The molecular weight excluding hydrogens is 254 g/mol. The minimum atomic E-state index is -0.550. The monoisotopic (exact) mass is 273 g/mol. The van der Waals surface area contributed by atoms with Crippen molar-refractivity contribution in [3.8, 4) is 0 Å². The van der Waals surface area contributed by atoms with E-state index in [2.05, 4.69) is 14.8 Å². The van der Waals surface area contributed by atoms with Gasteiger partial charge in [-0.1, -0.05) is 6.07 Å². The maximum Gasteiger partial charge on any atom is 0.133 e. The molecule has 20 heavy (non-hydrogen) atoms. The Balaban J connectivity index is 1.51. The van der Waals surface area contributed by atoms with Crippen LogP contribution in [0.2, 0.25) is 0 Å². The van der Waals surface area contributed by atoms with E-state index >= 15 is 0 Å². The van der Waals surface area contributed by atoms with E-state index < -0.39 is 6.10 Å². The first-order chi connectivity index (χ1) is 9.83. The number of hydrogen-bond acceptors (Lipinski definition) is 5. The number of pyridine rings is 1. The van der Waals surface area contributed by atoms with Crippen LogP contribution in [-0.4, -0.2) is 47.7 Å². The zero-order valence-corrected chi connectivity index (χ0v) is 11.4. The first-order valence-electron chi connectivity index (χ1n) is 6.93. The van der Waals surface area contributed by atoms with E-state index in [0.717, 1.165) is 32.0 Å². The van der Waals surface area contributed by atoms with E-state index in [9.17, 15) is 5.11 Å². The van der Waals surface area contributed by atoms with Gasteiger partial charge in [-0.3, -0.25) is 4.90 Å². The summed E-state index contributed by atoms with van der Waals surface area (Å²) in [4.78, 5) is 8.90. The SMILES string of the molecule is OC(CN1CCN(c2ccccn2)CC1)c1ccco1. The number of rotatable bonds is 4. The molecule has 1 N–H and O–H groups in total. The van der Waals surface area contributed by atoms with Crippen LogP contribution in [0.1, 0.15) is 11.9 Å². The highest BCUT2D eigenvalue weighted by atomic mass is 16.4. The van der Waals surface area contributed by atoms with Gasteiger partial charge >= 0.3 is 0 Å². The molecule has 0 aliphatic carbocycles. The fourth-order valence-electron chi connectivity index (χ4n) is 2.52. The first kappa shape index (κ1) is 13.1. The molecule has 0 aromatic carbocycles. The molecule has 5 heteroatoms. The van der Waals surface area contributed by atoms with Crippen molar-refractivity contribution in [1.29, 1.82) is 0 Å². The standard InChI is InChI=1S/C15H19N3O2/c19-13(14-4-3-11-20-14)12-17-7-9-18(10-8-17)15-5-1-2-6-16-15/h1-6,11,13,19H,7-10,12H2. The molecule has 0 radical (unpaired) electrons. The van der Waals surface area contributed by atoms with Gasteiger partial charge in [-0.2, -0.15) is 0 Å². The molecule has 1 unspecified atom stereocenters. The molecule has 1 saturated heterocycles. The molecule has 2 aromatic heterocycles. The van der Waals surface area contributed by atoms with E-state index in [1.54, 1.807) is 12.3 Å². The van der Waals surface area contributed by atoms with E-state index in [4.69, 9.17) is 4.42 Å². The highest BCUT2D eigenvalue weighted by molar-refractivity contribution is 5.38. The average molecular weight is 273 g/mol. The largest absolute Gasteiger partial charge is 0.467 e. The predicted molar refractivity (Wildman–Crippen MR) is 76.6 cm³/mol. The van der Waals surface area contributed by atoms with Gasteiger partial charge in [0.2, 0.25) is 0 Å². The topological polar surface area (TPSA) is 52.7 Å².